The fourth-order valence-corrected chi connectivity index (χ4v) is 12.4. The first-order valence-corrected chi connectivity index (χ1v) is 29.2. The van der Waals surface area contributed by atoms with Gasteiger partial charge in [-0.05, 0) is 59.4 Å². The molecule has 0 spiro atoms. The van der Waals surface area contributed by atoms with Crippen molar-refractivity contribution >= 4 is 72.5 Å². The molecule has 11 nitrogen and oxygen atoms in total. The molecular weight excluding hydrogens is 943 g/mol. The molecular formula is C41H44FN6O5PSTl+. The molecule has 0 radical (unpaired) electrons. The van der Waals surface area contributed by atoms with Gasteiger partial charge in [0.15, 0.2) is 0 Å². The molecule has 0 aliphatic carbocycles. The largest absolute Gasteiger partial charge is 0.00907 e. The number of aromatic nitrogens is 3. The first-order valence-electron chi connectivity index (χ1n) is 19.0. The van der Waals surface area contributed by atoms with Crippen LogP contribution in [0.15, 0.2) is 48.7 Å². The summed E-state index contributed by atoms with van der Waals surface area (Å²) in [5, 5.41) is 2.06. The summed E-state index contributed by atoms with van der Waals surface area (Å²) >= 11 is 3.81. The number of ether oxygens (including phenoxy) is 4. The molecule has 3 unspecified atom stereocenters. The Hall–Kier alpha value is -3.42. The number of halogens is 1. The maximum atomic E-state index is 17.5. The molecule has 0 N–H and O–H groups in total. The third kappa shape index (κ3) is 7.76. The molecule has 0 saturated carbocycles. The molecule has 4 aromatic rings. The third-order valence-corrected chi connectivity index (χ3v) is 17.4. The molecule has 1 amide bonds. The molecule has 15 heteroatoms. The minimum absolute atomic E-state index is 0.0249. The van der Waals surface area contributed by atoms with E-state index in [1.165, 1.54) is 5.57 Å². The summed E-state index contributed by atoms with van der Waals surface area (Å²) in [6.07, 6.45) is 5.93. The summed E-state index contributed by atoms with van der Waals surface area (Å²) in [6.45, 7) is 13.2. The van der Waals surface area contributed by atoms with E-state index in [-0.39, 0.29) is 47.7 Å². The van der Waals surface area contributed by atoms with Gasteiger partial charge in [0.1, 0.15) is 5.60 Å². The number of fused-ring (bicyclic) bond motifs is 5. The smallest absolute Gasteiger partial charge is 0.00907 e. The summed E-state index contributed by atoms with van der Waals surface area (Å²) in [5.74, 6) is 3.78. The third-order valence-electron chi connectivity index (χ3n) is 11.1. The minimum Gasteiger partial charge on any atom is -0.00907 e. The van der Waals surface area contributed by atoms with Crippen LogP contribution in [-0.2, 0) is 21.3 Å². The molecule has 2 aromatic carbocycles. The molecule has 4 aliphatic rings. The van der Waals surface area contributed by atoms with Crippen LogP contribution in [0.25, 0.3) is 32.9 Å². The number of hydrogen-bond donors (Lipinski definition) is 0. The molecule has 4 fully saturated rings. The Morgan fingerprint density at radius 2 is 1.98 bits per heavy atom. The number of carbonyl (C=O) groups excluding carboxylic acids is 1. The van der Waals surface area contributed by atoms with Gasteiger partial charge in [0, 0.05) is 6.54 Å². The van der Waals surface area contributed by atoms with Gasteiger partial charge < -0.3 is 4.74 Å². The average molecular weight is 987 g/mol. The summed E-state index contributed by atoms with van der Waals surface area (Å²) in [7, 11) is 1.55. The second-order valence-electron chi connectivity index (χ2n) is 16.1. The van der Waals surface area contributed by atoms with E-state index in [0.717, 1.165) is 65.5 Å². The van der Waals surface area contributed by atoms with Gasteiger partial charge in [0.2, 0.25) is 0 Å². The van der Waals surface area contributed by atoms with E-state index in [2.05, 4.69) is 25.8 Å². The molecule has 6 heterocycles. The predicted molar refractivity (Wildman–Crippen MR) is 220 cm³/mol. The van der Waals surface area contributed by atoms with Crippen molar-refractivity contribution in [3.05, 3.63) is 60.1 Å². The van der Waals surface area contributed by atoms with Crippen LogP contribution in [0.4, 0.5) is 15.0 Å². The molecule has 8 rings (SSSR count). The SMILES string of the molecule is C=C1CN2CCCC2(COc2nc(N3CC4CCC(C3)N4C(=O)OC(C)(C)C)c3cnc(-c4cc(OCOC)cc5cccc(C#[C][Tl]=[P+]=S)c45)c(F)c3n2)C1. The van der Waals surface area contributed by atoms with Gasteiger partial charge in [-0.3, -0.25) is 9.80 Å². The van der Waals surface area contributed by atoms with Crippen molar-refractivity contribution in [3.63, 3.8) is 0 Å². The second kappa shape index (κ2) is 16.1. The zero-order valence-electron chi connectivity index (χ0n) is 32.1. The minimum atomic E-state index is -1.39. The zero-order valence-corrected chi connectivity index (χ0v) is 38.3. The van der Waals surface area contributed by atoms with Crippen molar-refractivity contribution in [1.29, 1.82) is 0 Å². The summed E-state index contributed by atoms with van der Waals surface area (Å²) in [5.41, 5.74) is 1.93. The number of piperazine rings is 1. The number of benzene rings is 2. The Morgan fingerprint density at radius 1 is 1.18 bits per heavy atom. The maximum Gasteiger partial charge on any atom is -0.00907 e. The standard InChI is InChI=1S/C41H44FN6O5.PS.Tl/c1-7-26-10-8-11-27-16-30(52-24-50-6)17-31(33(26)27)35-34(42)36-32(19-43-35)37(45-38(44-36)51-23-41-14-9-15-47(41)20-25(2)18-41)46-21-28-12-13-29(22-46)48(28)39(49)53-40(3,4)5;1-2;/h8,10-11,16-17,19,28-29H,2,9,12-15,18,20-24H2,3-6H3;;/q;-1;+2. The second-order valence-corrected chi connectivity index (χ2v) is 28.7. The normalized spacial score (nSPS) is 21.8. The van der Waals surface area contributed by atoms with E-state index in [1.807, 2.05) is 49.9 Å². The van der Waals surface area contributed by atoms with Gasteiger partial charge in [0.05, 0.1) is 17.6 Å². The molecule has 3 atom stereocenters. The van der Waals surface area contributed by atoms with Gasteiger partial charge in [0.25, 0.3) is 0 Å². The number of nitrogens with zero attached hydrogens (tertiary/aromatic N) is 6. The number of hydrogen-bond acceptors (Lipinski definition) is 11. The van der Waals surface area contributed by atoms with Crippen molar-refractivity contribution < 1.29 is 28.1 Å². The summed E-state index contributed by atoms with van der Waals surface area (Å²) < 4.78 is 45.2. The van der Waals surface area contributed by atoms with Gasteiger partial charge in [-0.2, -0.15) is 0 Å². The molecule has 2 aromatic heterocycles. The number of pyridine rings is 1. The van der Waals surface area contributed by atoms with Crippen molar-refractivity contribution in [2.75, 3.05) is 51.6 Å². The van der Waals surface area contributed by atoms with Crippen molar-refractivity contribution in [2.45, 2.75) is 76.1 Å². The molecule has 2 bridgehead atoms. The van der Waals surface area contributed by atoms with Crippen LogP contribution in [0.2, 0.25) is 0 Å². The van der Waals surface area contributed by atoms with Gasteiger partial charge in [-0.1, -0.05) is 12.2 Å². The Morgan fingerprint density at radius 3 is 2.73 bits per heavy atom. The topological polar surface area (TPSA) is 102 Å². The number of rotatable bonds is 8. The average Bonchev–Trinajstić information content (AvgIpc) is 3.78. The quantitative estimate of drug-likeness (QED) is 0.0597. The van der Waals surface area contributed by atoms with Crippen molar-refractivity contribution in [3.8, 4) is 32.4 Å². The van der Waals surface area contributed by atoms with Crippen LogP contribution in [0, 0.1) is 15.2 Å². The van der Waals surface area contributed by atoms with E-state index in [1.54, 1.807) is 19.4 Å². The van der Waals surface area contributed by atoms with Gasteiger partial charge >= 0.3 is 225 Å². The Labute approximate surface area is 343 Å². The van der Waals surface area contributed by atoms with Crippen LogP contribution in [0.1, 0.15) is 58.4 Å². The number of amides is 1. The Balaban J connectivity index is 1.25. The van der Waals surface area contributed by atoms with Crippen LogP contribution >= 0.6 is 4.00 Å². The molecule has 4 saturated heterocycles. The Bertz CT molecular complexity index is 2350. The van der Waals surface area contributed by atoms with Crippen LogP contribution in [-0.4, -0.2) is 124 Å². The fraction of sp³-hybridized carbons (Fsp3) is 0.463. The monoisotopic (exact) mass is 987 g/mol. The molecule has 288 valence electrons. The van der Waals surface area contributed by atoms with E-state index in [0.29, 0.717) is 42.2 Å². The van der Waals surface area contributed by atoms with Crippen molar-refractivity contribution in [1.82, 2.24) is 24.8 Å². The first kappa shape index (κ1) is 39.4. The molecule has 4 aliphatic heterocycles. The predicted octanol–water partition coefficient (Wildman–Crippen LogP) is 7.06. The fourth-order valence-electron chi connectivity index (χ4n) is 8.89. The number of anilines is 1. The van der Waals surface area contributed by atoms with Crippen LogP contribution in [0.5, 0.6) is 11.8 Å². The summed E-state index contributed by atoms with van der Waals surface area (Å²) in [6, 6.07) is 9.45. The first-order chi connectivity index (χ1) is 27.0. The van der Waals surface area contributed by atoms with Crippen molar-refractivity contribution in [2.24, 2.45) is 0 Å². The van der Waals surface area contributed by atoms with Gasteiger partial charge in [-0.25, -0.2) is 4.79 Å². The van der Waals surface area contributed by atoms with E-state index >= 15 is 4.39 Å². The van der Waals surface area contributed by atoms with Crippen LogP contribution < -0.4 is 14.4 Å². The molecule has 56 heavy (non-hydrogen) atoms. The van der Waals surface area contributed by atoms with Gasteiger partial charge in [-0.15, -0.1) is 0 Å². The van der Waals surface area contributed by atoms with Crippen LogP contribution in [0.3, 0.4) is 0 Å². The zero-order chi connectivity index (χ0) is 39.2. The van der Waals surface area contributed by atoms with E-state index in [4.69, 9.17) is 45.7 Å². The number of carbonyl (C=O) groups is 1. The summed E-state index contributed by atoms with van der Waals surface area (Å²) in [4.78, 5) is 34.4. The Kier molecular flexibility index (Phi) is 11.3. The van der Waals surface area contributed by atoms with E-state index in [9.17, 15) is 4.79 Å². The number of methoxy groups -OCH3 is 1. The van der Waals surface area contributed by atoms with E-state index < -0.39 is 34.5 Å². The maximum absolute atomic E-state index is 17.5.